The van der Waals surface area contributed by atoms with Crippen LogP contribution in [0.25, 0.3) is 11.1 Å². The van der Waals surface area contributed by atoms with Gasteiger partial charge < -0.3 is 10.2 Å². The second-order valence-electron chi connectivity index (χ2n) is 8.79. The molecule has 3 heterocycles. The minimum atomic E-state index is -4.59. The van der Waals surface area contributed by atoms with Crippen LogP contribution in [0, 0.1) is 5.92 Å². The number of carbonyl (C=O) groups excluding carboxylic acids is 1. The first kappa shape index (κ1) is 25.8. The minimum absolute atomic E-state index is 0.0135. The Kier molecular flexibility index (Phi) is 6.91. The van der Waals surface area contributed by atoms with E-state index >= 15 is 0 Å². The lowest BCUT2D eigenvalue weighted by atomic mass is 9.88. The van der Waals surface area contributed by atoms with Crippen LogP contribution in [-0.4, -0.2) is 55.6 Å². The molecule has 1 fully saturated rings. The molecule has 7 nitrogen and oxygen atoms in total. The molecule has 0 bridgehead atoms. The highest BCUT2D eigenvalue weighted by Crippen LogP contribution is 2.36. The van der Waals surface area contributed by atoms with Crippen LogP contribution in [0.1, 0.15) is 29.4 Å². The number of alkyl halides is 5. The van der Waals surface area contributed by atoms with Gasteiger partial charge in [0.1, 0.15) is 0 Å². The van der Waals surface area contributed by atoms with Crippen LogP contribution < -0.4 is 5.32 Å². The first-order valence-corrected chi connectivity index (χ1v) is 11.3. The molecule has 2 atom stereocenters. The quantitative estimate of drug-likeness (QED) is 0.464. The highest BCUT2D eigenvalue weighted by atomic mass is 35.5. The van der Waals surface area contributed by atoms with Crippen molar-refractivity contribution in [1.82, 2.24) is 24.6 Å². The minimum Gasteiger partial charge on any atom is -0.352 e. The number of aromatic nitrogens is 4. The summed E-state index contributed by atoms with van der Waals surface area (Å²) in [4.78, 5) is 22.0. The van der Waals surface area contributed by atoms with Crippen molar-refractivity contribution in [2.24, 2.45) is 13.0 Å². The maximum absolute atomic E-state index is 14.6. The molecule has 3 aromatic rings. The van der Waals surface area contributed by atoms with E-state index in [1.54, 1.807) is 44.4 Å². The predicted molar refractivity (Wildman–Crippen MR) is 123 cm³/mol. The van der Waals surface area contributed by atoms with Gasteiger partial charge in [0.15, 0.2) is 5.69 Å². The van der Waals surface area contributed by atoms with Crippen LogP contribution in [0.2, 0.25) is 5.02 Å². The highest BCUT2D eigenvalue weighted by Gasteiger charge is 2.47. The molecule has 1 saturated heterocycles. The number of piperidine rings is 1. The lowest BCUT2D eigenvalue weighted by molar-refractivity contribution is -0.138. The molecule has 0 radical (unpaired) electrons. The molecule has 1 aliphatic heterocycles. The van der Waals surface area contributed by atoms with Gasteiger partial charge in [-0.05, 0) is 23.6 Å². The monoisotopic (exact) mass is 528 g/mol. The second kappa shape index (κ2) is 9.64. The third kappa shape index (κ3) is 5.58. The number of nitrogens with zero attached hydrogens (tertiary/aromatic N) is 5. The fraction of sp³-hybridized carbons (Fsp3) is 0.391. The zero-order chi connectivity index (χ0) is 26.3. The van der Waals surface area contributed by atoms with Gasteiger partial charge in [0.2, 0.25) is 5.95 Å². The summed E-state index contributed by atoms with van der Waals surface area (Å²) in [5, 5.41) is 7.45. The first-order chi connectivity index (χ1) is 16.8. The molecule has 36 heavy (non-hydrogen) atoms. The summed E-state index contributed by atoms with van der Waals surface area (Å²) in [6, 6.07) is 6.02. The molecule has 4 rings (SSSR count). The zero-order valence-corrected chi connectivity index (χ0v) is 20.0. The van der Waals surface area contributed by atoms with Crippen LogP contribution in [0.15, 0.2) is 42.9 Å². The van der Waals surface area contributed by atoms with E-state index in [-0.39, 0.29) is 18.2 Å². The van der Waals surface area contributed by atoms with Gasteiger partial charge in [-0.3, -0.25) is 9.48 Å². The van der Waals surface area contributed by atoms with Crippen molar-refractivity contribution in [3.63, 3.8) is 0 Å². The van der Waals surface area contributed by atoms with E-state index in [9.17, 15) is 26.7 Å². The number of aryl methyl sites for hydroxylation is 1. The SMILES string of the molecule is C[C@@H]1CC(F)(F)CN(C(=O)c2nn(C)cc2-c2cccc(Cl)c2)C1CNc1ncc(C(F)(F)F)cn1. The van der Waals surface area contributed by atoms with Gasteiger partial charge in [0.25, 0.3) is 11.8 Å². The molecule has 13 heteroatoms. The van der Waals surface area contributed by atoms with Crippen LogP contribution in [0.4, 0.5) is 27.9 Å². The van der Waals surface area contributed by atoms with E-state index in [2.05, 4.69) is 20.4 Å². The van der Waals surface area contributed by atoms with Crippen LogP contribution in [0.5, 0.6) is 0 Å². The topological polar surface area (TPSA) is 75.9 Å². The number of amides is 1. The largest absolute Gasteiger partial charge is 0.419 e. The van der Waals surface area contributed by atoms with E-state index in [4.69, 9.17) is 11.6 Å². The Labute approximate surface area is 208 Å². The summed E-state index contributed by atoms with van der Waals surface area (Å²) in [5.74, 6) is -4.58. The van der Waals surface area contributed by atoms with Gasteiger partial charge >= 0.3 is 6.18 Å². The summed E-state index contributed by atoms with van der Waals surface area (Å²) in [7, 11) is 1.61. The van der Waals surface area contributed by atoms with Gasteiger partial charge in [0, 0.05) is 49.2 Å². The van der Waals surface area contributed by atoms with E-state index in [1.165, 1.54) is 4.68 Å². The smallest absolute Gasteiger partial charge is 0.352 e. The average Bonchev–Trinajstić information content (AvgIpc) is 3.18. The van der Waals surface area contributed by atoms with Crippen LogP contribution in [-0.2, 0) is 13.2 Å². The number of hydrogen-bond donors (Lipinski definition) is 1. The van der Waals surface area contributed by atoms with Crippen molar-refractivity contribution >= 4 is 23.5 Å². The van der Waals surface area contributed by atoms with Gasteiger partial charge in [-0.1, -0.05) is 30.7 Å². The standard InChI is InChI=1S/C23H22ClF5N6O/c1-13-7-22(25,26)12-35(18(13)10-32-21-30-8-15(9-31-21)23(27,28)29)20(36)19-17(11-34(2)33-19)14-4-3-5-16(24)6-14/h3-6,8-9,11,13,18H,7,10,12H2,1-2H3,(H,30,31,32)/t13-,18?/m1/s1. The number of hydrogen-bond acceptors (Lipinski definition) is 5. The van der Waals surface area contributed by atoms with Gasteiger partial charge in [-0.2, -0.15) is 18.3 Å². The third-order valence-electron chi connectivity index (χ3n) is 5.96. The molecule has 0 saturated carbocycles. The number of nitrogens with one attached hydrogen (secondary N) is 1. The number of anilines is 1. The zero-order valence-electron chi connectivity index (χ0n) is 19.2. The van der Waals surface area contributed by atoms with E-state index in [1.807, 2.05) is 0 Å². The Morgan fingerprint density at radius 2 is 1.94 bits per heavy atom. The Bertz CT molecular complexity index is 1250. The molecule has 1 unspecified atom stereocenters. The summed E-state index contributed by atoms with van der Waals surface area (Å²) >= 11 is 6.09. The fourth-order valence-corrected chi connectivity index (χ4v) is 4.48. The molecule has 2 aromatic heterocycles. The Balaban J connectivity index is 1.61. The number of benzene rings is 1. The second-order valence-corrected chi connectivity index (χ2v) is 9.22. The summed E-state index contributed by atoms with van der Waals surface area (Å²) < 4.78 is 68.9. The Morgan fingerprint density at radius 3 is 2.58 bits per heavy atom. The van der Waals surface area contributed by atoms with Crippen molar-refractivity contribution in [2.45, 2.75) is 31.5 Å². The molecule has 1 N–H and O–H groups in total. The van der Waals surface area contributed by atoms with Crippen molar-refractivity contribution in [1.29, 1.82) is 0 Å². The molecule has 1 aromatic carbocycles. The lowest BCUT2D eigenvalue weighted by Gasteiger charge is -2.43. The van der Waals surface area contributed by atoms with E-state index < -0.39 is 48.5 Å². The number of rotatable bonds is 5. The maximum atomic E-state index is 14.6. The molecule has 1 aliphatic rings. The maximum Gasteiger partial charge on any atom is 0.419 e. The average molecular weight is 529 g/mol. The third-order valence-corrected chi connectivity index (χ3v) is 6.19. The predicted octanol–water partition coefficient (Wildman–Crippen LogP) is 5.15. The first-order valence-electron chi connectivity index (χ1n) is 11.0. The number of likely N-dealkylation sites (tertiary alicyclic amines) is 1. The van der Waals surface area contributed by atoms with Crippen molar-refractivity contribution in [3.8, 4) is 11.1 Å². The van der Waals surface area contributed by atoms with Gasteiger partial charge in [-0.25, -0.2) is 18.7 Å². The fourth-order valence-electron chi connectivity index (χ4n) is 4.29. The Morgan fingerprint density at radius 1 is 1.25 bits per heavy atom. The number of carbonyl (C=O) groups is 1. The lowest BCUT2D eigenvalue weighted by Crippen LogP contribution is -2.57. The summed E-state index contributed by atoms with van der Waals surface area (Å²) in [6.07, 6.45) is -2.19. The normalized spacial score (nSPS) is 19.8. The van der Waals surface area contributed by atoms with E-state index in [0.29, 0.717) is 28.5 Å². The summed E-state index contributed by atoms with van der Waals surface area (Å²) in [6.45, 7) is 0.708. The molecule has 0 spiro atoms. The molecule has 192 valence electrons. The summed E-state index contributed by atoms with van der Waals surface area (Å²) in [5.41, 5.74) is 0.00703. The van der Waals surface area contributed by atoms with E-state index in [0.717, 1.165) is 4.90 Å². The molecule has 0 aliphatic carbocycles. The molecular weight excluding hydrogens is 507 g/mol. The van der Waals surface area contributed by atoms with Gasteiger partial charge in [0.05, 0.1) is 18.2 Å². The number of halogens is 6. The Hall–Kier alpha value is -3.28. The van der Waals surface area contributed by atoms with Crippen molar-refractivity contribution < 1.29 is 26.7 Å². The van der Waals surface area contributed by atoms with Crippen LogP contribution >= 0.6 is 11.6 Å². The van der Waals surface area contributed by atoms with Crippen LogP contribution in [0.3, 0.4) is 0 Å². The van der Waals surface area contributed by atoms with Crippen molar-refractivity contribution in [3.05, 3.63) is 59.1 Å². The van der Waals surface area contributed by atoms with Crippen molar-refractivity contribution in [2.75, 3.05) is 18.4 Å². The molecule has 1 amide bonds. The molecular formula is C23H22ClF5N6O. The van der Waals surface area contributed by atoms with Gasteiger partial charge in [-0.15, -0.1) is 0 Å². The highest BCUT2D eigenvalue weighted by molar-refractivity contribution is 6.30.